The Morgan fingerprint density at radius 2 is 2.07 bits per heavy atom. The van der Waals surface area contributed by atoms with E-state index in [4.69, 9.17) is 4.74 Å². The number of hydrogen-bond acceptors (Lipinski definition) is 2. The summed E-state index contributed by atoms with van der Waals surface area (Å²) in [6.07, 6.45) is 1.81. The third kappa shape index (κ3) is 1.53. The second-order valence-corrected chi connectivity index (χ2v) is 4.27. The van der Waals surface area contributed by atoms with Gasteiger partial charge in [0.05, 0.1) is 12.5 Å². The van der Waals surface area contributed by atoms with Crippen LogP contribution in [0.4, 0.5) is 0 Å². The molecule has 1 aromatic rings. The molecule has 3 heteroatoms. The molecule has 2 fully saturated rings. The predicted molar refractivity (Wildman–Crippen MR) is 55.2 cm³/mol. The van der Waals surface area contributed by atoms with Crippen molar-refractivity contribution in [2.24, 2.45) is 0 Å². The van der Waals surface area contributed by atoms with Crippen molar-refractivity contribution < 1.29 is 9.53 Å². The molecular formula is C12H13NO2. The maximum atomic E-state index is 11.9. The van der Waals surface area contributed by atoms with Crippen LogP contribution >= 0.6 is 0 Å². The van der Waals surface area contributed by atoms with E-state index < -0.39 is 0 Å². The van der Waals surface area contributed by atoms with E-state index in [1.165, 1.54) is 0 Å². The van der Waals surface area contributed by atoms with Gasteiger partial charge in [0, 0.05) is 0 Å². The van der Waals surface area contributed by atoms with Crippen molar-refractivity contribution in [3.8, 4) is 0 Å². The number of ether oxygens (including phenoxy) is 1. The van der Waals surface area contributed by atoms with Crippen LogP contribution in [0.25, 0.3) is 0 Å². The molecule has 1 amide bonds. The summed E-state index contributed by atoms with van der Waals surface area (Å²) >= 11 is 0. The second-order valence-electron chi connectivity index (χ2n) is 4.27. The smallest absolute Gasteiger partial charge is 0.229 e. The standard InChI is InChI=1S/C12H13NO2/c14-11-10(9-4-2-1-3-5-9)6-7-12(13-11)8-15-12/h1-5,10H,6-8H2,(H,13,14). The van der Waals surface area contributed by atoms with Crippen molar-refractivity contribution in [1.29, 1.82) is 0 Å². The van der Waals surface area contributed by atoms with Gasteiger partial charge in [0.15, 0.2) is 5.72 Å². The summed E-state index contributed by atoms with van der Waals surface area (Å²) in [7, 11) is 0. The molecule has 0 aromatic heterocycles. The van der Waals surface area contributed by atoms with Crippen LogP contribution in [0.3, 0.4) is 0 Å². The molecule has 2 heterocycles. The number of benzene rings is 1. The maximum absolute atomic E-state index is 11.9. The van der Waals surface area contributed by atoms with E-state index in [9.17, 15) is 4.79 Å². The first-order valence-electron chi connectivity index (χ1n) is 5.30. The first-order chi connectivity index (χ1) is 7.29. The summed E-state index contributed by atoms with van der Waals surface area (Å²) in [4.78, 5) is 11.9. The Hall–Kier alpha value is -1.35. The third-order valence-corrected chi connectivity index (χ3v) is 3.20. The van der Waals surface area contributed by atoms with Crippen LogP contribution in [0.15, 0.2) is 30.3 Å². The number of carbonyl (C=O) groups is 1. The van der Waals surface area contributed by atoms with Crippen LogP contribution in [0.5, 0.6) is 0 Å². The Morgan fingerprint density at radius 3 is 2.67 bits per heavy atom. The molecule has 2 aliphatic heterocycles. The molecule has 2 atom stereocenters. The van der Waals surface area contributed by atoms with Crippen molar-refractivity contribution >= 4 is 5.91 Å². The van der Waals surface area contributed by atoms with Crippen LogP contribution in [0.2, 0.25) is 0 Å². The van der Waals surface area contributed by atoms with E-state index in [0.29, 0.717) is 6.61 Å². The van der Waals surface area contributed by atoms with E-state index in [2.05, 4.69) is 5.32 Å². The number of hydrogen-bond donors (Lipinski definition) is 1. The first-order valence-corrected chi connectivity index (χ1v) is 5.30. The van der Waals surface area contributed by atoms with Gasteiger partial charge in [0.25, 0.3) is 0 Å². The van der Waals surface area contributed by atoms with Crippen LogP contribution < -0.4 is 5.32 Å². The lowest BCUT2D eigenvalue weighted by Gasteiger charge is -2.27. The van der Waals surface area contributed by atoms with Gasteiger partial charge in [-0.05, 0) is 18.4 Å². The van der Waals surface area contributed by atoms with Gasteiger partial charge in [-0.2, -0.15) is 0 Å². The third-order valence-electron chi connectivity index (χ3n) is 3.20. The molecule has 2 saturated heterocycles. The number of rotatable bonds is 1. The highest BCUT2D eigenvalue weighted by molar-refractivity contribution is 5.85. The lowest BCUT2D eigenvalue weighted by molar-refractivity contribution is -0.126. The van der Waals surface area contributed by atoms with Gasteiger partial charge in [0.1, 0.15) is 0 Å². The van der Waals surface area contributed by atoms with Gasteiger partial charge in [0.2, 0.25) is 5.91 Å². The summed E-state index contributed by atoms with van der Waals surface area (Å²) in [5, 5.41) is 2.95. The lowest BCUT2D eigenvalue weighted by atomic mass is 9.88. The summed E-state index contributed by atoms with van der Waals surface area (Å²) in [5.74, 6) is 0.103. The average molecular weight is 203 g/mol. The number of amides is 1. The zero-order chi connectivity index (χ0) is 10.3. The first kappa shape index (κ1) is 8.92. The fraction of sp³-hybridized carbons (Fsp3) is 0.417. The zero-order valence-corrected chi connectivity index (χ0v) is 8.40. The fourth-order valence-electron chi connectivity index (χ4n) is 2.19. The van der Waals surface area contributed by atoms with Gasteiger partial charge < -0.3 is 10.1 Å². The van der Waals surface area contributed by atoms with Gasteiger partial charge in [-0.1, -0.05) is 30.3 Å². The monoisotopic (exact) mass is 203 g/mol. The molecule has 0 bridgehead atoms. The fourth-order valence-corrected chi connectivity index (χ4v) is 2.19. The maximum Gasteiger partial charge on any atom is 0.229 e. The quantitative estimate of drug-likeness (QED) is 0.701. The lowest BCUT2D eigenvalue weighted by Crippen LogP contribution is -2.45. The zero-order valence-electron chi connectivity index (χ0n) is 8.40. The minimum absolute atomic E-state index is 0.000949. The van der Waals surface area contributed by atoms with Crippen molar-refractivity contribution in [3.05, 3.63) is 35.9 Å². The molecule has 3 nitrogen and oxygen atoms in total. The topological polar surface area (TPSA) is 41.6 Å². The minimum atomic E-state index is -0.289. The molecule has 2 unspecified atom stereocenters. The molecule has 15 heavy (non-hydrogen) atoms. The second kappa shape index (κ2) is 3.07. The normalized spacial score (nSPS) is 33.9. The van der Waals surface area contributed by atoms with Crippen LogP contribution in [-0.2, 0) is 9.53 Å². The molecule has 2 aliphatic rings. The molecule has 3 rings (SSSR count). The van der Waals surface area contributed by atoms with Crippen molar-refractivity contribution in [3.63, 3.8) is 0 Å². The molecule has 1 spiro atoms. The molecule has 78 valence electrons. The number of carbonyl (C=O) groups excluding carboxylic acids is 1. The molecule has 1 aromatic carbocycles. The Balaban J connectivity index is 1.81. The van der Waals surface area contributed by atoms with E-state index in [1.807, 2.05) is 30.3 Å². The average Bonchev–Trinajstić information content (AvgIpc) is 2.99. The van der Waals surface area contributed by atoms with Gasteiger partial charge in [-0.25, -0.2) is 0 Å². The minimum Gasteiger partial charge on any atom is -0.348 e. The van der Waals surface area contributed by atoms with Gasteiger partial charge in [-0.3, -0.25) is 4.79 Å². The van der Waals surface area contributed by atoms with E-state index in [1.54, 1.807) is 0 Å². The Kier molecular flexibility index (Phi) is 1.83. The highest BCUT2D eigenvalue weighted by Gasteiger charge is 2.50. The largest absolute Gasteiger partial charge is 0.348 e. The van der Waals surface area contributed by atoms with Gasteiger partial charge in [-0.15, -0.1) is 0 Å². The molecular weight excluding hydrogens is 190 g/mol. The SMILES string of the molecule is O=C1NC2(CCC1c1ccccc1)CO2. The molecule has 0 saturated carbocycles. The Bertz CT molecular complexity index is 384. The van der Waals surface area contributed by atoms with Gasteiger partial charge >= 0.3 is 0 Å². The summed E-state index contributed by atoms with van der Waals surface area (Å²) in [5.41, 5.74) is 0.813. The van der Waals surface area contributed by atoms with Crippen LogP contribution in [0.1, 0.15) is 24.3 Å². The van der Waals surface area contributed by atoms with Crippen LogP contribution in [0, 0.1) is 0 Å². The Labute approximate surface area is 88.4 Å². The Morgan fingerprint density at radius 1 is 1.33 bits per heavy atom. The van der Waals surface area contributed by atoms with Crippen molar-refractivity contribution in [1.82, 2.24) is 5.32 Å². The summed E-state index contributed by atoms with van der Waals surface area (Å²) in [6, 6.07) is 9.93. The number of piperidine rings is 1. The predicted octanol–water partition coefficient (Wildman–Crippen LogP) is 1.41. The van der Waals surface area contributed by atoms with E-state index in [-0.39, 0.29) is 17.6 Å². The molecule has 0 radical (unpaired) electrons. The summed E-state index contributed by atoms with van der Waals surface area (Å²) in [6.45, 7) is 0.681. The number of epoxide rings is 1. The van der Waals surface area contributed by atoms with E-state index in [0.717, 1.165) is 18.4 Å². The highest BCUT2D eigenvalue weighted by atomic mass is 16.6. The van der Waals surface area contributed by atoms with E-state index >= 15 is 0 Å². The number of nitrogens with one attached hydrogen (secondary N) is 1. The highest BCUT2D eigenvalue weighted by Crippen LogP contribution is 2.38. The molecule has 1 N–H and O–H groups in total. The molecule has 0 aliphatic carbocycles. The van der Waals surface area contributed by atoms with Crippen molar-refractivity contribution in [2.45, 2.75) is 24.5 Å². The van der Waals surface area contributed by atoms with Crippen molar-refractivity contribution in [2.75, 3.05) is 6.61 Å². The summed E-state index contributed by atoms with van der Waals surface area (Å²) < 4.78 is 5.26. The van der Waals surface area contributed by atoms with Crippen LogP contribution in [-0.4, -0.2) is 18.2 Å².